The molecule has 1 fully saturated rings. The molecule has 1 aliphatic carbocycles. The first-order valence-electron chi connectivity index (χ1n) is 4.99. The zero-order valence-electron chi connectivity index (χ0n) is 8.40. The van der Waals surface area contributed by atoms with Crippen LogP contribution in [0.4, 0.5) is 0 Å². The highest BCUT2D eigenvalue weighted by molar-refractivity contribution is 5.31. The number of nitrogens with zero attached hydrogens (tertiary/aromatic N) is 2. The lowest BCUT2D eigenvalue weighted by Crippen LogP contribution is -2.19. The number of benzene rings is 1. The van der Waals surface area contributed by atoms with Gasteiger partial charge < -0.3 is 0 Å². The molecule has 1 saturated carbocycles. The average Bonchev–Trinajstić information content (AvgIpc) is 3.02. The Kier molecular flexibility index (Phi) is 2.51. The molecular weight excluding hydrogens is 172 g/mol. The molecule has 0 heterocycles. The Hall–Kier alpha value is -1.33. The molecule has 1 aliphatic rings. The van der Waals surface area contributed by atoms with Crippen molar-refractivity contribution >= 4 is 0 Å². The van der Waals surface area contributed by atoms with Crippen LogP contribution in [-0.2, 0) is 6.54 Å². The highest BCUT2D eigenvalue weighted by atomic mass is 15.1. The molecule has 72 valence electrons. The SMILES string of the molecule is CN(Cc1ccc(C#N)cc1)C1CC1. The van der Waals surface area contributed by atoms with Crippen molar-refractivity contribution in [3.8, 4) is 6.07 Å². The van der Waals surface area contributed by atoms with Gasteiger partial charge in [0.2, 0.25) is 0 Å². The summed E-state index contributed by atoms with van der Waals surface area (Å²) in [5.41, 5.74) is 2.03. The van der Waals surface area contributed by atoms with Crippen LogP contribution in [-0.4, -0.2) is 18.0 Å². The molecule has 0 radical (unpaired) electrons. The number of hydrogen-bond acceptors (Lipinski definition) is 2. The molecule has 0 N–H and O–H groups in total. The monoisotopic (exact) mass is 186 g/mol. The van der Waals surface area contributed by atoms with Crippen molar-refractivity contribution in [1.82, 2.24) is 4.90 Å². The smallest absolute Gasteiger partial charge is 0.0991 e. The summed E-state index contributed by atoms with van der Waals surface area (Å²) in [6.45, 7) is 0.996. The molecule has 2 rings (SSSR count). The Morgan fingerprint density at radius 2 is 2.00 bits per heavy atom. The average molecular weight is 186 g/mol. The number of nitriles is 1. The van der Waals surface area contributed by atoms with Crippen LogP contribution in [0.3, 0.4) is 0 Å². The molecule has 0 unspecified atom stereocenters. The van der Waals surface area contributed by atoms with Gasteiger partial charge in [0.05, 0.1) is 11.6 Å². The molecule has 14 heavy (non-hydrogen) atoms. The highest BCUT2D eigenvalue weighted by Gasteiger charge is 2.25. The Morgan fingerprint density at radius 3 is 2.50 bits per heavy atom. The quantitative estimate of drug-likeness (QED) is 0.723. The number of hydrogen-bond donors (Lipinski definition) is 0. The van der Waals surface area contributed by atoms with Crippen molar-refractivity contribution in [2.75, 3.05) is 7.05 Å². The summed E-state index contributed by atoms with van der Waals surface area (Å²) in [4.78, 5) is 2.38. The lowest BCUT2D eigenvalue weighted by atomic mass is 10.1. The van der Waals surface area contributed by atoms with E-state index >= 15 is 0 Å². The first-order valence-corrected chi connectivity index (χ1v) is 4.99. The third-order valence-electron chi connectivity index (χ3n) is 2.69. The van der Waals surface area contributed by atoms with Crippen molar-refractivity contribution in [2.45, 2.75) is 25.4 Å². The molecule has 1 aromatic rings. The second-order valence-corrected chi connectivity index (χ2v) is 3.96. The van der Waals surface area contributed by atoms with Gasteiger partial charge in [0.15, 0.2) is 0 Å². The van der Waals surface area contributed by atoms with Crippen LogP contribution in [0, 0.1) is 11.3 Å². The van der Waals surface area contributed by atoms with E-state index < -0.39 is 0 Å². The van der Waals surface area contributed by atoms with E-state index in [1.54, 1.807) is 0 Å². The lowest BCUT2D eigenvalue weighted by Gasteiger charge is -2.15. The maximum Gasteiger partial charge on any atom is 0.0991 e. The van der Waals surface area contributed by atoms with E-state index in [1.807, 2.05) is 24.3 Å². The van der Waals surface area contributed by atoms with Crippen LogP contribution >= 0.6 is 0 Å². The Balaban J connectivity index is 1.99. The summed E-state index contributed by atoms with van der Waals surface area (Å²) >= 11 is 0. The fourth-order valence-corrected chi connectivity index (χ4v) is 1.62. The summed E-state index contributed by atoms with van der Waals surface area (Å²) < 4.78 is 0. The van der Waals surface area contributed by atoms with Gasteiger partial charge in [-0.15, -0.1) is 0 Å². The van der Waals surface area contributed by atoms with E-state index in [0.717, 1.165) is 18.2 Å². The molecule has 0 aliphatic heterocycles. The second kappa shape index (κ2) is 3.81. The van der Waals surface area contributed by atoms with Gasteiger partial charge in [0.1, 0.15) is 0 Å². The van der Waals surface area contributed by atoms with Gasteiger partial charge in [-0.1, -0.05) is 12.1 Å². The van der Waals surface area contributed by atoms with Crippen LogP contribution in [0.2, 0.25) is 0 Å². The van der Waals surface area contributed by atoms with Crippen molar-refractivity contribution in [1.29, 1.82) is 5.26 Å². The van der Waals surface area contributed by atoms with Gasteiger partial charge in [0.25, 0.3) is 0 Å². The van der Waals surface area contributed by atoms with E-state index in [-0.39, 0.29) is 0 Å². The summed E-state index contributed by atoms with van der Waals surface area (Å²) in [7, 11) is 2.16. The van der Waals surface area contributed by atoms with Crippen molar-refractivity contribution < 1.29 is 0 Å². The summed E-state index contributed by atoms with van der Waals surface area (Å²) in [5.74, 6) is 0. The van der Waals surface area contributed by atoms with Crippen LogP contribution in [0.1, 0.15) is 24.0 Å². The molecule has 0 saturated heterocycles. The number of rotatable bonds is 3. The van der Waals surface area contributed by atoms with Crippen LogP contribution in [0.15, 0.2) is 24.3 Å². The molecule has 2 heteroatoms. The maximum atomic E-state index is 8.65. The fourth-order valence-electron chi connectivity index (χ4n) is 1.62. The van der Waals surface area contributed by atoms with E-state index in [9.17, 15) is 0 Å². The third kappa shape index (κ3) is 2.12. The lowest BCUT2D eigenvalue weighted by molar-refractivity contribution is 0.316. The minimum absolute atomic E-state index is 0.739. The Morgan fingerprint density at radius 1 is 1.36 bits per heavy atom. The van der Waals surface area contributed by atoms with E-state index in [1.165, 1.54) is 18.4 Å². The highest BCUT2D eigenvalue weighted by Crippen LogP contribution is 2.26. The van der Waals surface area contributed by atoms with Gasteiger partial charge in [-0.05, 0) is 37.6 Å². The first-order chi connectivity index (χ1) is 6.79. The molecular formula is C12H14N2. The Bertz CT molecular complexity index is 344. The van der Waals surface area contributed by atoms with Gasteiger partial charge >= 0.3 is 0 Å². The van der Waals surface area contributed by atoms with Crippen LogP contribution in [0.25, 0.3) is 0 Å². The van der Waals surface area contributed by atoms with Gasteiger partial charge in [-0.3, -0.25) is 4.90 Å². The summed E-state index contributed by atoms with van der Waals surface area (Å²) in [6, 6.07) is 10.8. The van der Waals surface area contributed by atoms with Crippen LogP contribution in [0.5, 0.6) is 0 Å². The largest absolute Gasteiger partial charge is 0.299 e. The van der Waals surface area contributed by atoms with Gasteiger partial charge in [-0.25, -0.2) is 0 Å². The Labute approximate surface area is 84.8 Å². The maximum absolute atomic E-state index is 8.65. The first kappa shape index (κ1) is 9.23. The predicted molar refractivity (Wildman–Crippen MR) is 55.6 cm³/mol. The van der Waals surface area contributed by atoms with Crippen molar-refractivity contribution in [2.24, 2.45) is 0 Å². The summed E-state index contributed by atoms with van der Waals surface area (Å²) in [6.07, 6.45) is 2.68. The van der Waals surface area contributed by atoms with Crippen LogP contribution < -0.4 is 0 Å². The molecule has 0 amide bonds. The third-order valence-corrected chi connectivity index (χ3v) is 2.69. The molecule has 0 bridgehead atoms. The topological polar surface area (TPSA) is 27.0 Å². The van der Waals surface area contributed by atoms with E-state index in [0.29, 0.717) is 0 Å². The van der Waals surface area contributed by atoms with E-state index in [4.69, 9.17) is 5.26 Å². The predicted octanol–water partition coefficient (Wildman–Crippen LogP) is 2.15. The molecule has 0 aromatic heterocycles. The van der Waals surface area contributed by atoms with Crippen molar-refractivity contribution in [3.63, 3.8) is 0 Å². The standard InChI is InChI=1S/C12H14N2/c1-14(12-6-7-12)9-11-4-2-10(8-13)3-5-11/h2-5,12H,6-7,9H2,1H3. The zero-order chi connectivity index (χ0) is 9.97. The summed E-state index contributed by atoms with van der Waals surface area (Å²) in [5, 5.41) is 8.65. The minimum atomic E-state index is 0.739. The normalized spacial score (nSPS) is 15.5. The van der Waals surface area contributed by atoms with E-state index in [2.05, 4.69) is 18.0 Å². The molecule has 0 spiro atoms. The second-order valence-electron chi connectivity index (χ2n) is 3.96. The molecule has 2 nitrogen and oxygen atoms in total. The van der Waals surface area contributed by atoms with Gasteiger partial charge in [0, 0.05) is 12.6 Å². The van der Waals surface area contributed by atoms with Crippen molar-refractivity contribution in [3.05, 3.63) is 35.4 Å². The zero-order valence-corrected chi connectivity index (χ0v) is 8.40. The fraction of sp³-hybridized carbons (Fsp3) is 0.417. The molecule has 1 aromatic carbocycles. The van der Waals surface area contributed by atoms with Gasteiger partial charge in [-0.2, -0.15) is 5.26 Å². The molecule has 0 atom stereocenters. The minimum Gasteiger partial charge on any atom is -0.299 e.